The maximum absolute atomic E-state index is 10.9. The summed E-state index contributed by atoms with van der Waals surface area (Å²) < 4.78 is 4.47. The van der Waals surface area contributed by atoms with E-state index in [1.165, 1.54) is 7.11 Å². The first-order chi connectivity index (χ1) is 5.54. The molecule has 0 bridgehead atoms. The number of carbonyl (C=O) groups is 1. The van der Waals surface area contributed by atoms with E-state index < -0.39 is 12.0 Å². The molecule has 12 heavy (non-hydrogen) atoms. The topological polar surface area (TPSA) is 52.3 Å². The minimum Gasteiger partial charge on any atom is -0.466 e. The molecule has 1 unspecified atom stereocenters. The van der Waals surface area contributed by atoms with Gasteiger partial charge >= 0.3 is 5.97 Å². The van der Waals surface area contributed by atoms with Gasteiger partial charge in [-0.05, 0) is 6.42 Å². The van der Waals surface area contributed by atoms with E-state index in [2.05, 4.69) is 17.9 Å². The van der Waals surface area contributed by atoms with Gasteiger partial charge in [-0.2, -0.15) is 0 Å². The lowest BCUT2D eigenvalue weighted by Gasteiger charge is -2.13. The highest BCUT2D eigenvalue weighted by Gasteiger charge is 2.16. The number of ether oxygens (including phenoxy) is 1. The number of methoxy groups -OCH3 is 1. The molecule has 3 heteroatoms. The molecular weight excluding hydrogens is 154 g/mol. The van der Waals surface area contributed by atoms with Crippen LogP contribution in [0.4, 0.5) is 0 Å². The standard InChI is InChI=1S/C9H15NO2/c1-5-6(2)8(10)7(3)9(11)12-4/h8H,2-3,5,10H2,1,4H3. The lowest BCUT2D eigenvalue weighted by atomic mass is 10.0. The third kappa shape index (κ3) is 2.51. The molecule has 0 radical (unpaired) electrons. The molecule has 0 aliphatic carbocycles. The summed E-state index contributed by atoms with van der Waals surface area (Å²) in [6.45, 7) is 9.17. The van der Waals surface area contributed by atoms with Crippen molar-refractivity contribution in [3.05, 3.63) is 24.3 Å². The van der Waals surface area contributed by atoms with Crippen molar-refractivity contribution in [2.45, 2.75) is 19.4 Å². The van der Waals surface area contributed by atoms with Crippen molar-refractivity contribution in [3.63, 3.8) is 0 Å². The third-order valence-electron chi connectivity index (χ3n) is 1.72. The second-order valence-electron chi connectivity index (χ2n) is 2.51. The predicted molar refractivity (Wildman–Crippen MR) is 48.6 cm³/mol. The zero-order valence-electron chi connectivity index (χ0n) is 7.59. The van der Waals surface area contributed by atoms with E-state index in [-0.39, 0.29) is 5.57 Å². The van der Waals surface area contributed by atoms with Gasteiger partial charge in [0, 0.05) is 0 Å². The second kappa shape index (κ2) is 4.72. The van der Waals surface area contributed by atoms with E-state index in [9.17, 15) is 4.79 Å². The Morgan fingerprint density at radius 3 is 2.42 bits per heavy atom. The van der Waals surface area contributed by atoms with E-state index in [0.29, 0.717) is 0 Å². The molecule has 0 saturated heterocycles. The Labute approximate surface area is 72.9 Å². The molecule has 0 aromatic heterocycles. The van der Waals surface area contributed by atoms with Gasteiger partial charge < -0.3 is 10.5 Å². The fourth-order valence-corrected chi connectivity index (χ4v) is 0.724. The quantitative estimate of drug-likeness (QED) is 0.388. The van der Waals surface area contributed by atoms with Crippen LogP contribution in [0.5, 0.6) is 0 Å². The lowest BCUT2D eigenvalue weighted by molar-refractivity contribution is -0.136. The van der Waals surface area contributed by atoms with Crippen LogP contribution >= 0.6 is 0 Å². The van der Waals surface area contributed by atoms with Crippen LogP contribution in [0.2, 0.25) is 0 Å². The van der Waals surface area contributed by atoms with Crippen molar-refractivity contribution in [2.75, 3.05) is 7.11 Å². The molecule has 0 saturated carbocycles. The smallest absolute Gasteiger partial charge is 0.335 e. The number of hydrogen-bond donors (Lipinski definition) is 1. The summed E-state index contributed by atoms with van der Waals surface area (Å²) in [7, 11) is 1.30. The van der Waals surface area contributed by atoms with Crippen LogP contribution in [-0.4, -0.2) is 19.1 Å². The molecule has 0 aliphatic heterocycles. The summed E-state index contributed by atoms with van der Waals surface area (Å²) in [6, 6.07) is -0.484. The fraction of sp³-hybridized carbons (Fsp3) is 0.444. The van der Waals surface area contributed by atoms with Gasteiger partial charge in [-0.3, -0.25) is 0 Å². The first-order valence-electron chi connectivity index (χ1n) is 3.74. The Bertz CT molecular complexity index is 209. The van der Waals surface area contributed by atoms with Crippen LogP contribution in [0.25, 0.3) is 0 Å². The molecule has 0 rings (SSSR count). The molecule has 3 nitrogen and oxygen atoms in total. The minimum atomic E-state index is -0.484. The van der Waals surface area contributed by atoms with E-state index >= 15 is 0 Å². The first-order valence-corrected chi connectivity index (χ1v) is 3.74. The molecule has 0 spiro atoms. The van der Waals surface area contributed by atoms with Gasteiger partial charge in [0.05, 0.1) is 18.7 Å². The van der Waals surface area contributed by atoms with Gasteiger partial charge in [0.15, 0.2) is 0 Å². The normalized spacial score (nSPS) is 11.9. The average molecular weight is 169 g/mol. The second-order valence-corrected chi connectivity index (χ2v) is 2.51. The molecule has 0 aromatic rings. The number of hydrogen-bond acceptors (Lipinski definition) is 3. The van der Waals surface area contributed by atoms with Crippen LogP contribution in [0.1, 0.15) is 13.3 Å². The van der Waals surface area contributed by atoms with Crippen LogP contribution < -0.4 is 5.73 Å². The highest BCUT2D eigenvalue weighted by Crippen LogP contribution is 2.10. The van der Waals surface area contributed by atoms with Gasteiger partial charge in [-0.1, -0.05) is 25.7 Å². The number of carbonyl (C=O) groups excluding carboxylic acids is 1. The molecule has 68 valence electrons. The Morgan fingerprint density at radius 2 is 2.08 bits per heavy atom. The highest BCUT2D eigenvalue weighted by atomic mass is 16.5. The van der Waals surface area contributed by atoms with Crippen molar-refractivity contribution < 1.29 is 9.53 Å². The zero-order valence-corrected chi connectivity index (χ0v) is 7.59. The molecule has 1 atom stereocenters. The molecule has 0 fully saturated rings. The van der Waals surface area contributed by atoms with Crippen molar-refractivity contribution in [1.82, 2.24) is 0 Å². The van der Waals surface area contributed by atoms with Crippen molar-refractivity contribution >= 4 is 5.97 Å². The van der Waals surface area contributed by atoms with Gasteiger partial charge in [0.2, 0.25) is 0 Å². The van der Waals surface area contributed by atoms with Crippen molar-refractivity contribution in [1.29, 1.82) is 0 Å². The minimum absolute atomic E-state index is 0.254. The Hall–Kier alpha value is -1.09. The van der Waals surface area contributed by atoms with E-state index in [0.717, 1.165) is 12.0 Å². The molecular formula is C9H15NO2. The van der Waals surface area contributed by atoms with Crippen molar-refractivity contribution in [2.24, 2.45) is 5.73 Å². The number of rotatable bonds is 4. The van der Waals surface area contributed by atoms with Gasteiger partial charge in [0.25, 0.3) is 0 Å². The van der Waals surface area contributed by atoms with E-state index in [1.54, 1.807) is 0 Å². The van der Waals surface area contributed by atoms with Gasteiger partial charge in [-0.25, -0.2) is 4.79 Å². The maximum Gasteiger partial charge on any atom is 0.335 e. The van der Waals surface area contributed by atoms with Crippen molar-refractivity contribution in [3.8, 4) is 0 Å². The fourth-order valence-electron chi connectivity index (χ4n) is 0.724. The molecule has 0 aromatic carbocycles. The Kier molecular flexibility index (Phi) is 4.29. The third-order valence-corrected chi connectivity index (χ3v) is 1.72. The van der Waals surface area contributed by atoms with E-state index in [4.69, 9.17) is 5.73 Å². The van der Waals surface area contributed by atoms with Crippen LogP contribution in [0.15, 0.2) is 24.3 Å². The lowest BCUT2D eigenvalue weighted by Crippen LogP contribution is -2.28. The molecule has 0 aliphatic rings. The summed E-state index contributed by atoms with van der Waals surface area (Å²) >= 11 is 0. The predicted octanol–water partition coefficient (Wildman–Crippen LogP) is 1.01. The van der Waals surface area contributed by atoms with Gasteiger partial charge in [0.1, 0.15) is 0 Å². The number of esters is 1. The van der Waals surface area contributed by atoms with Crippen LogP contribution in [0.3, 0.4) is 0 Å². The van der Waals surface area contributed by atoms with Crippen LogP contribution in [-0.2, 0) is 9.53 Å². The first kappa shape index (κ1) is 10.9. The SMILES string of the molecule is C=C(CC)C(N)C(=C)C(=O)OC. The average Bonchev–Trinajstić information content (AvgIpc) is 2.12. The summed E-state index contributed by atoms with van der Waals surface area (Å²) in [4.78, 5) is 10.9. The number of nitrogens with two attached hydrogens (primary N) is 1. The summed E-state index contributed by atoms with van der Waals surface area (Å²) in [5, 5.41) is 0. The largest absolute Gasteiger partial charge is 0.466 e. The van der Waals surface area contributed by atoms with Gasteiger partial charge in [-0.15, -0.1) is 0 Å². The monoisotopic (exact) mass is 169 g/mol. The maximum atomic E-state index is 10.9. The zero-order chi connectivity index (χ0) is 9.72. The highest BCUT2D eigenvalue weighted by molar-refractivity contribution is 5.89. The Balaban J connectivity index is 4.29. The summed E-state index contributed by atoms with van der Waals surface area (Å²) in [5.41, 5.74) is 6.68. The van der Waals surface area contributed by atoms with Crippen LogP contribution in [0, 0.1) is 0 Å². The van der Waals surface area contributed by atoms with E-state index in [1.807, 2.05) is 6.92 Å². The Morgan fingerprint density at radius 1 is 1.58 bits per heavy atom. The molecule has 0 amide bonds. The molecule has 0 heterocycles. The molecule has 2 N–H and O–H groups in total. The summed E-state index contributed by atoms with van der Waals surface area (Å²) in [6.07, 6.45) is 0.733. The summed E-state index contributed by atoms with van der Waals surface area (Å²) in [5.74, 6) is -0.475.